The molecule has 0 aromatic heterocycles. The van der Waals surface area contributed by atoms with Crippen LogP contribution in [0.25, 0.3) is 0 Å². The van der Waals surface area contributed by atoms with Crippen molar-refractivity contribution in [3.8, 4) is 0 Å². The predicted molar refractivity (Wildman–Crippen MR) is 79.9 cm³/mol. The van der Waals surface area contributed by atoms with Gasteiger partial charge in [0.1, 0.15) is 0 Å². The van der Waals surface area contributed by atoms with Crippen LogP contribution < -0.4 is 5.32 Å². The first-order valence-corrected chi connectivity index (χ1v) is 8.42. The zero-order valence-corrected chi connectivity index (χ0v) is 12.6. The van der Waals surface area contributed by atoms with Gasteiger partial charge in [0.25, 0.3) is 0 Å². The van der Waals surface area contributed by atoms with Gasteiger partial charge in [0.15, 0.2) is 0 Å². The summed E-state index contributed by atoms with van der Waals surface area (Å²) in [6.45, 7) is 4.96. The molecule has 106 valence electrons. The standard InChI is InChI=1S/C17H33N/c1-17(2)13-15-11-9-7-5-3-4-6-8-10-12-16(14-17)18-15/h15-16,18H,3-14H2,1-2H3. The van der Waals surface area contributed by atoms with Gasteiger partial charge in [-0.05, 0) is 31.1 Å². The van der Waals surface area contributed by atoms with Gasteiger partial charge in [0.05, 0.1) is 0 Å². The number of nitrogens with one attached hydrogen (secondary N) is 1. The van der Waals surface area contributed by atoms with Crippen LogP contribution in [0.3, 0.4) is 0 Å². The second kappa shape index (κ2) is 6.93. The minimum Gasteiger partial charge on any atom is -0.311 e. The molecular formula is C17H33N. The summed E-state index contributed by atoms with van der Waals surface area (Å²) in [6.07, 6.45) is 17.3. The largest absolute Gasteiger partial charge is 0.311 e. The maximum Gasteiger partial charge on any atom is 0.00747 e. The zero-order chi connectivity index (χ0) is 12.8. The molecule has 2 rings (SSSR count). The highest BCUT2D eigenvalue weighted by Crippen LogP contribution is 2.35. The van der Waals surface area contributed by atoms with E-state index in [0.29, 0.717) is 5.41 Å². The number of rotatable bonds is 0. The molecule has 0 saturated carbocycles. The van der Waals surface area contributed by atoms with Crippen molar-refractivity contribution in [2.24, 2.45) is 5.41 Å². The van der Waals surface area contributed by atoms with Crippen molar-refractivity contribution >= 4 is 0 Å². The maximum atomic E-state index is 3.95. The van der Waals surface area contributed by atoms with E-state index in [0.717, 1.165) is 12.1 Å². The number of fused-ring (bicyclic) bond motifs is 2. The van der Waals surface area contributed by atoms with Gasteiger partial charge in [0, 0.05) is 12.1 Å². The average molecular weight is 251 g/mol. The van der Waals surface area contributed by atoms with Crippen LogP contribution in [0.1, 0.15) is 90.9 Å². The second-order valence-corrected chi connectivity index (χ2v) is 7.54. The first-order valence-electron chi connectivity index (χ1n) is 8.42. The van der Waals surface area contributed by atoms with E-state index in [1.165, 1.54) is 77.0 Å². The molecule has 2 aliphatic heterocycles. The molecule has 0 aromatic carbocycles. The van der Waals surface area contributed by atoms with Crippen molar-refractivity contribution in [3.63, 3.8) is 0 Å². The summed E-state index contributed by atoms with van der Waals surface area (Å²) in [6, 6.07) is 1.61. The van der Waals surface area contributed by atoms with E-state index >= 15 is 0 Å². The highest BCUT2D eigenvalue weighted by Gasteiger charge is 2.32. The molecule has 0 radical (unpaired) electrons. The van der Waals surface area contributed by atoms with Crippen LogP contribution in [0, 0.1) is 5.41 Å². The Hall–Kier alpha value is -0.0400. The van der Waals surface area contributed by atoms with Crippen LogP contribution in [0.4, 0.5) is 0 Å². The summed E-state index contributed by atoms with van der Waals surface area (Å²) < 4.78 is 0. The molecule has 0 aromatic rings. The minimum atomic E-state index is 0.570. The predicted octanol–water partition coefficient (Wildman–Crippen LogP) is 5.05. The Morgan fingerprint density at radius 3 is 1.50 bits per heavy atom. The Bertz CT molecular complexity index is 212. The van der Waals surface area contributed by atoms with Gasteiger partial charge in [-0.1, -0.05) is 65.2 Å². The van der Waals surface area contributed by atoms with Crippen LogP contribution in [0.2, 0.25) is 0 Å². The highest BCUT2D eigenvalue weighted by atomic mass is 15.0. The molecule has 0 aliphatic carbocycles. The summed E-state index contributed by atoms with van der Waals surface area (Å²) in [5, 5.41) is 3.95. The van der Waals surface area contributed by atoms with Crippen molar-refractivity contribution < 1.29 is 0 Å². The third-order valence-corrected chi connectivity index (χ3v) is 4.92. The highest BCUT2D eigenvalue weighted by molar-refractivity contribution is 4.90. The maximum absolute atomic E-state index is 3.95. The molecule has 1 nitrogen and oxygen atoms in total. The Balaban J connectivity index is 1.88. The molecule has 1 heteroatoms. The smallest absolute Gasteiger partial charge is 0.00747 e. The molecule has 2 bridgehead atoms. The summed E-state index contributed by atoms with van der Waals surface area (Å²) in [7, 11) is 0. The van der Waals surface area contributed by atoms with Crippen LogP contribution in [-0.4, -0.2) is 12.1 Å². The van der Waals surface area contributed by atoms with E-state index < -0.39 is 0 Å². The number of piperidine rings is 1. The van der Waals surface area contributed by atoms with Crippen molar-refractivity contribution in [2.45, 2.75) is 103 Å². The lowest BCUT2D eigenvalue weighted by atomic mass is 9.74. The van der Waals surface area contributed by atoms with Gasteiger partial charge in [-0.2, -0.15) is 0 Å². The minimum absolute atomic E-state index is 0.570. The molecule has 1 N–H and O–H groups in total. The molecular weight excluding hydrogens is 218 g/mol. The fourth-order valence-corrected chi connectivity index (χ4v) is 4.08. The summed E-state index contributed by atoms with van der Waals surface area (Å²) >= 11 is 0. The number of hydrogen-bond acceptors (Lipinski definition) is 1. The quantitative estimate of drug-likeness (QED) is 0.635. The van der Waals surface area contributed by atoms with Gasteiger partial charge in [-0.3, -0.25) is 0 Å². The van der Waals surface area contributed by atoms with Gasteiger partial charge in [-0.15, -0.1) is 0 Å². The van der Waals surface area contributed by atoms with E-state index in [-0.39, 0.29) is 0 Å². The van der Waals surface area contributed by atoms with Crippen molar-refractivity contribution in [1.29, 1.82) is 0 Å². The van der Waals surface area contributed by atoms with Gasteiger partial charge in [0.2, 0.25) is 0 Å². The second-order valence-electron chi connectivity index (χ2n) is 7.54. The van der Waals surface area contributed by atoms with Crippen molar-refractivity contribution in [3.05, 3.63) is 0 Å². The van der Waals surface area contributed by atoms with E-state index in [4.69, 9.17) is 0 Å². The topological polar surface area (TPSA) is 12.0 Å². The first kappa shape index (κ1) is 14.4. The SMILES string of the molecule is CC1(C)CC2CCCCCCCCCCC(C1)N2. The van der Waals surface area contributed by atoms with Gasteiger partial charge in [-0.25, -0.2) is 0 Å². The molecule has 0 spiro atoms. The molecule has 18 heavy (non-hydrogen) atoms. The fourth-order valence-electron chi connectivity index (χ4n) is 4.08. The van der Waals surface area contributed by atoms with Gasteiger partial charge < -0.3 is 5.32 Å². The average Bonchev–Trinajstić information content (AvgIpc) is 2.30. The third kappa shape index (κ3) is 4.91. The molecule has 2 saturated heterocycles. The Kier molecular flexibility index (Phi) is 5.54. The summed E-state index contributed by atoms with van der Waals surface area (Å²) in [5.74, 6) is 0. The van der Waals surface area contributed by atoms with E-state index in [1.54, 1.807) is 0 Å². The molecule has 2 unspecified atom stereocenters. The lowest BCUT2D eigenvalue weighted by molar-refractivity contribution is 0.150. The van der Waals surface area contributed by atoms with Crippen LogP contribution in [0.5, 0.6) is 0 Å². The Morgan fingerprint density at radius 2 is 1.06 bits per heavy atom. The molecule has 2 heterocycles. The molecule has 2 aliphatic rings. The van der Waals surface area contributed by atoms with Crippen LogP contribution in [-0.2, 0) is 0 Å². The fraction of sp³-hybridized carbons (Fsp3) is 1.00. The zero-order valence-electron chi connectivity index (χ0n) is 12.6. The van der Waals surface area contributed by atoms with E-state index in [9.17, 15) is 0 Å². The third-order valence-electron chi connectivity index (χ3n) is 4.92. The normalized spacial score (nSPS) is 35.0. The summed E-state index contributed by atoms with van der Waals surface area (Å²) in [4.78, 5) is 0. The molecule has 2 atom stereocenters. The lowest BCUT2D eigenvalue weighted by Crippen LogP contribution is -2.48. The van der Waals surface area contributed by atoms with Crippen molar-refractivity contribution in [1.82, 2.24) is 5.32 Å². The van der Waals surface area contributed by atoms with E-state index in [2.05, 4.69) is 19.2 Å². The first-order chi connectivity index (χ1) is 8.66. The molecule has 0 amide bonds. The Morgan fingerprint density at radius 1 is 0.667 bits per heavy atom. The van der Waals surface area contributed by atoms with Gasteiger partial charge >= 0.3 is 0 Å². The summed E-state index contributed by atoms with van der Waals surface area (Å²) in [5.41, 5.74) is 0.570. The van der Waals surface area contributed by atoms with Crippen LogP contribution >= 0.6 is 0 Å². The van der Waals surface area contributed by atoms with E-state index in [1.807, 2.05) is 0 Å². The van der Waals surface area contributed by atoms with Crippen molar-refractivity contribution in [2.75, 3.05) is 0 Å². The monoisotopic (exact) mass is 251 g/mol. The lowest BCUT2D eigenvalue weighted by Gasteiger charge is -2.41. The molecule has 2 fully saturated rings. The Labute approximate surface area is 114 Å². The van der Waals surface area contributed by atoms with Crippen LogP contribution in [0.15, 0.2) is 0 Å². The number of hydrogen-bond donors (Lipinski definition) is 1.